The monoisotopic (exact) mass is 230 g/mol. The minimum Gasteiger partial charge on any atom is -0.494 e. The van der Waals surface area contributed by atoms with Crippen molar-refractivity contribution in [2.75, 3.05) is 6.61 Å². The quantitative estimate of drug-likeness (QED) is 0.742. The van der Waals surface area contributed by atoms with E-state index in [1.165, 1.54) is 6.42 Å². The van der Waals surface area contributed by atoms with Crippen molar-refractivity contribution in [3.8, 4) is 5.75 Å². The van der Waals surface area contributed by atoms with Crippen LogP contribution in [0.2, 0.25) is 0 Å². The molecule has 90 valence electrons. The van der Waals surface area contributed by atoms with Crippen LogP contribution in [0.15, 0.2) is 24.3 Å². The van der Waals surface area contributed by atoms with Crippen LogP contribution < -0.4 is 4.74 Å². The Balaban J connectivity index is 1.68. The maximum Gasteiger partial charge on any atom is 0.165 e. The number of hydrogen-bond acceptors (Lipinski definition) is 2. The highest BCUT2D eigenvalue weighted by Crippen LogP contribution is 2.54. The molecule has 1 aromatic rings. The van der Waals surface area contributed by atoms with Gasteiger partial charge < -0.3 is 4.74 Å². The van der Waals surface area contributed by atoms with Gasteiger partial charge in [-0.1, -0.05) is 0 Å². The number of Topliss-reactive ketones (excluding diaryl/α,β-unsaturated/α-hetero) is 1. The average Bonchev–Trinajstić information content (AvgIpc) is 2.97. The standard InChI is InChI=1S/C15H18O2/c1-2-17-14-5-3-10(4-6-14)15(16)13-8-11-7-12(11)9-13/h3-6,11-13H,2,7-9H2,1H3. The normalized spacial score (nSPS) is 29.8. The molecule has 0 spiro atoms. The minimum absolute atomic E-state index is 0.289. The number of ether oxygens (including phenoxy) is 1. The maximum absolute atomic E-state index is 12.2. The Labute approximate surface area is 102 Å². The zero-order valence-corrected chi connectivity index (χ0v) is 10.2. The predicted octanol–water partition coefficient (Wildman–Crippen LogP) is 3.31. The minimum atomic E-state index is 0.289. The Morgan fingerprint density at radius 2 is 1.82 bits per heavy atom. The molecule has 2 fully saturated rings. The van der Waals surface area contributed by atoms with Gasteiger partial charge in [0.15, 0.2) is 5.78 Å². The van der Waals surface area contributed by atoms with Crippen molar-refractivity contribution in [3.63, 3.8) is 0 Å². The van der Waals surface area contributed by atoms with Gasteiger partial charge in [0.05, 0.1) is 6.61 Å². The molecule has 2 heteroatoms. The molecule has 2 aliphatic carbocycles. The molecule has 0 saturated heterocycles. The topological polar surface area (TPSA) is 26.3 Å². The predicted molar refractivity (Wildman–Crippen MR) is 66.3 cm³/mol. The summed E-state index contributed by atoms with van der Waals surface area (Å²) in [5, 5.41) is 0. The summed E-state index contributed by atoms with van der Waals surface area (Å²) in [5.41, 5.74) is 0.847. The zero-order valence-electron chi connectivity index (χ0n) is 10.2. The number of hydrogen-bond donors (Lipinski definition) is 0. The van der Waals surface area contributed by atoms with Crippen molar-refractivity contribution in [2.45, 2.75) is 26.2 Å². The number of fused-ring (bicyclic) bond motifs is 1. The first kappa shape index (κ1) is 10.8. The summed E-state index contributed by atoms with van der Waals surface area (Å²) in [6, 6.07) is 7.59. The van der Waals surface area contributed by atoms with E-state index in [4.69, 9.17) is 4.74 Å². The fourth-order valence-corrected chi connectivity index (χ4v) is 3.05. The fraction of sp³-hybridized carbons (Fsp3) is 0.533. The van der Waals surface area contributed by atoms with Gasteiger partial charge in [0.1, 0.15) is 5.75 Å². The van der Waals surface area contributed by atoms with Crippen LogP contribution in [0.5, 0.6) is 5.75 Å². The van der Waals surface area contributed by atoms with E-state index in [2.05, 4.69) is 0 Å². The number of rotatable bonds is 4. The first-order valence-corrected chi connectivity index (χ1v) is 6.55. The highest BCUT2D eigenvalue weighted by atomic mass is 16.5. The summed E-state index contributed by atoms with van der Waals surface area (Å²) in [7, 11) is 0. The van der Waals surface area contributed by atoms with Gasteiger partial charge in [-0.3, -0.25) is 4.79 Å². The molecule has 17 heavy (non-hydrogen) atoms. The molecule has 0 radical (unpaired) electrons. The molecule has 0 heterocycles. The highest BCUT2D eigenvalue weighted by Gasteiger charge is 2.47. The van der Waals surface area contributed by atoms with E-state index in [-0.39, 0.29) is 5.92 Å². The Morgan fingerprint density at radius 1 is 1.18 bits per heavy atom. The van der Waals surface area contributed by atoms with E-state index in [0.29, 0.717) is 12.4 Å². The molecular formula is C15H18O2. The van der Waals surface area contributed by atoms with Crippen LogP contribution in [0.3, 0.4) is 0 Å². The van der Waals surface area contributed by atoms with Crippen molar-refractivity contribution >= 4 is 5.78 Å². The lowest BCUT2D eigenvalue weighted by Crippen LogP contribution is -2.12. The molecular weight excluding hydrogens is 212 g/mol. The van der Waals surface area contributed by atoms with E-state index < -0.39 is 0 Å². The van der Waals surface area contributed by atoms with Crippen LogP contribution in [0, 0.1) is 17.8 Å². The molecule has 0 N–H and O–H groups in total. The molecule has 2 nitrogen and oxygen atoms in total. The lowest BCUT2D eigenvalue weighted by atomic mass is 9.93. The third-order valence-corrected chi connectivity index (χ3v) is 4.06. The molecule has 0 amide bonds. The van der Waals surface area contributed by atoms with Crippen LogP contribution >= 0.6 is 0 Å². The molecule has 2 atom stereocenters. The first-order chi connectivity index (χ1) is 8.28. The number of carbonyl (C=O) groups excluding carboxylic acids is 1. The van der Waals surface area contributed by atoms with Gasteiger partial charge in [-0.05, 0) is 62.3 Å². The van der Waals surface area contributed by atoms with E-state index in [1.807, 2.05) is 31.2 Å². The first-order valence-electron chi connectivity index (χ1n) is 6.55. The summed E-state index contributed by atoms with van der Waals surface area (Å²) in [6.45, 7) is 2.63. The van der Waals surface area contributed by atoms with Crippen LogP contribution in [0.4, 0.5) is 0 Å². The van der Waals surface area contributed by atoms with Crippen LogP contribution in [-0.4, -0.2) is 12.4 Å². The Kier molecular flexibility index (Phi) is 2.65. The SMILES string of the molecule is CCOc1ccc(C(=O)C2CC3CC3C2)cc1. The zero-order chi connectivity index (χ0) is 11.8. The van der Waals surface area contributed by atoms with Crippen molar-refractivity contribution < 1.29 is 9.53 Å². The Hall–Kier alpha value is -1.31. The van der Waals surface area contributed by atoms with E-state index in [9.17, 15) is 4.79 Å². The van der Waals surface area contributed by atoms with Crippen molar-refractivity contribution in [1.82, 2.24) is 0 Å². The van der Waals surface area contributed by atoms with Crippen molar-refractivity contribution in [1.29, 1.82) is 0 Å². The summed E-state index contributed by atoms with van der Waals surface area (Å²) < 4.78 is 5.38. The molecule has 0 aliphatic heterocycles. The maximum atomic E-state index is 12.2. The van der Waals surface area contributed by atoms with Crippen molar-refractivity contribution in [3.05, 3.63) is 29.8 Å². The van der Waals surface area contributed by atoms with Gasteiger partial charge in [-0.15, -0.1) is 0 Å². The number of benzene rings is 1. The van der Waals surface area contributed by atoms with Crippen molar-refractivity contribution in [2.24, 2.45) is 17.8 Å². The summed E-state index contributed by atoms with van der Waals surface area (Å²) in [5.74, 6) is 3.20. The average molecular weight is 230 g/mol. The summed E-state index contributed by atoms with van der Waals surface area (Å²) in [4.78, 5) is 12.2. The lowest BCUT2D eigenvalue weighted by molar-refractivity contribution is 0.0914. The summed E-state index contributed by atoms with van der Waals surface area (Å²) >= 11 is 0. The second-order valence-corrected chi connectivity index (χ2v) is 5.25. The van der Waals surface area contributed by atoms with E-state index in [0.717, 1.165) is 36.0 Å². The second kappa shape index (κ2) is 4.17. The second-order valence-electron chi connectivity index (χ2n) is 5.25. The molecule has 2 saturated carbocycles. The smallest absolute Gasteiger partial charge is 0.165 e. The third kappa shape index (κ3) is 2.08. The van der Waals surface area contributed by atoms with Gasteiger partial charge in [0.25, 0.3) is 0 Å². The van der Waals surface area contributed by atoms with Crippen LogP contribution in [0.25, 0.3) is 0 Å². The Bertz CT molecular complexity index is 411. The molecule has 2 unspecified atom stereocenters. The van der Waals surface area contributed by atoms with Gasteiger partial charge in [-0.25, -0.2) is 0 Å². The molecule has 0 bridgehead atoms. The highest BCUT2D eigenvalue weighted by molar-refractivity contribution is 5.98. The molecule has 1 aromatic carbocycles. The largest absolute Gasteiger partial charge is 0.494 e. The Morgan fingerprint density at radius 3 is 2.41 bits per heavy atom. The summed E-state index contributed by atoms with van der Waals surface area (Å²) in [6.07, 6.45) is 3.61. The fourth-order valence-electron chi connectivity index (χ4n) is 3.05. The third-order valence-electron chi connectivity index (χ3n) is 4.06. The molecule has 0 aromatic heterocycles. The number of ketones is 1. The van der Waals surface area contributed by atoms with Gasteiger partial charge in [0, 0.05) is 11.5 Å². The number of carbonyl (C=O) groups is 1. The molecule has 2 aliphatic rings. The van der Waals surface area contributed by atoms with E-state index >= 15 is 0 Å². The molecule has 3 rings (SSSR count). The van der Waals surface area contributed by atoms with Gasteiger partial charge in [0.2, 0.25) is 0 Å². The van der Waals surface area contributed by atoms with E-state index in [1.54, 1.807) is 0 Å². The van der Waals surface area contributed by atoms with Gasteiger partial charge >= 0.3 is 0 Å². The van der Waals surface area contributed by atoms with Crippen LogP contribution in [0.1, 0.15) is 36.5 Å². The van der Waals surface area contributed by atoms with Crippen LogP contribution in [-0.2, 0) is 0 Å². The van der Waals surface area contributed by atoms with Gasteiger partial charge in [-0.2, -0.15) is 0 Å². The lowest BCUT2D eigenvalue weighted by Gasteiger charge is -2.11.